The van der Waals surface area contributed by atoms with Crippen LogP contribution in [0.5, 0.6) is 0 Å². The Kier molecular flexibility index (Phi) is 2.66. The molecule has 0 radical (unpaired) electrons. The van der Waals surface area contributed by atoms with Gasteiger partial charge in [-0.2, -0.15) is 5.10 Å². The van der Waals surface area contributed by atoms with Crippen LogP contribution in [-0.2, 0) is 0 Å². The predicted octanol–water partition coefficient (Wildman–Crippen LogP) is 2.96. The van der Waals surface area contributed by atoms with Gasteiger partial charge in [-0.1, -0.05) is 6.07 Å². The second kappa shape index (κ2) is 4.95. The van der Waals surface area contributed by atoms with E-state index in [1.54, 1.807) is 24.8 Å². The van der Waals surface area contributed by atoms with E-state index in [0.717, 1.165) is 33.4 Å². The number of aromatic nitrogens is 7. The molecule has 0 saturated heterocycles. The maximum absolute atomic E-state index is 4.75. The Bertz CT molecular complexity index is 1160. The third kappa shape index (κ3) is 1.88. The fourth-order valence-electron chi connectivity index (χ4n) is 2.79. The number of rotatable bonds is 2. The number of hydrogen-bond acceptors (Lipinski definition) is 5. The van der Waals surface area contributed by atoms with Crippen molar-refractivity contribution in [2.45, 2.75) is 0 Å². The molecule has 0 aliphatic rings. The van der Waals surface area contributed by atoms with E-state index in [2.05, 4.69) is 30.1 Å². The second-order valence-corrected chi connectivity index (χ2v) is 5.36. The summed E-state index contributed by atoms with van der Waals surface area (Å²) in [6.07, 6.45) is 7.02. The van der Waals surface area contributed by atoms with E-state index in [-0.39, 0.29) is 0 Å². The average molecular weight is 313 g/mol. The standard InChI is InChI=1S/C17H11N7/c1-2-6-19-12(5-1)11-8-18-9-13-14(11)22-17(21-13)15-10-4-3-7-20-16(10)24-23-15/h1-9H,(H,21,22)(H,20,23,24). The summed E-state index contributed by atoms with van der Waals surface area (Å²) in [4.78, 5) is 21.0. The van der Waals surface area contributed by atoms with Gasteiger partial charge < -0.3 is 4.98 Å². The molecule has 0 aromatic carbocycles. The normalized spacial score (nSPS) is 11.3. The summed E-state index contributed by atoms with van der Waals surface area (Å²) in [5, 5.41) is 8.15. The van der Waals surface area contributed by atoms with Crippen LogP contribution in [0.4, 0.5) is 0 Å². The fraction of sp³-hybridized carbons (Fsp3) is 0. The Hall–Kier alpha value is -3.61. The van der Waals surface area contributed by atoms with Gasteiger partial charge in [0.2, 0.25) is 0 Å². The van der Waals surface area contributed by atoms with Gasteiger partial charge in [-0.25, -0.2) is 9.97 Å². The van der Waals surface area contributed by atoms with Crippen LogP contribution in [0.1, 0.15) is 0 Å². The third-order valence-corrected chi connectivity index (χ3v) is 3.90. The molecule has 7 heteroatoms. The van der Waals surface area contributed by atoms with Crippen LogP contribution in [0, 0.1) is 0 Å². The minimum absolute atomic E-state index is 0.663. The molecule has 5 aromatic rings. The molecule has 0 bridgehead atoms. The van der Waals surface area contributed by atoms with Crippen molar-refractivity contribution >= 4 is 22.1 Å². The molecule has 5 heterocycles. The highest BCUT2D eigenvalue weighted by Crippen LogP contribution is 2.29. The highest BCUT2D eigenvalue weighted by atomic mass is 15.2. The second-order valence-electron chi connectivity index (χ2n) is 5.36. The smallest absolute Gasteiger partial charge is 0.181 e. The number of fused-ring (bicyclic) bond motifs is 2. The molecule has 0 fully saturated rings. The lowest BCUT2D eigenvalue weighted by atomic mass is 10.1. The number of imidazole rings is 1. The Labute approximate surface area is 135 Å². The molecule has 5 rings (SSSR count). The fourth-order valence-corrected chi connectivity index (χ4v) is 2.79. The predicted molar refractivity (Wildman–Crippen MR) is 90.0 cm³/mol. The first-order valence-corrected chi connectivity index (χ1v) is 7.45. The van der Waals surface area contributed by atoms with Crippen LogP contribution in [0.2, 0.25) is 0 Å². The van der Waals surface area contributed by atoms with Crippen LogP contribution in [0.15, 0.2) is 55.1 Å². The lowest BCUT2D eigenvalue weighted by molar-refractivity contribution is 1.09. The lowest BCUT2D eigenvalue weighted by Gasteiger charge is -1.99. The summed E-state index contributed by atoms with van der Waals surface area (Å²) >= 11 is 0. The molecule has 0 saturated carbocycles. The Morgan fingerprint density at radius 2 is 1.88 bits per heavy atom. The van der Waals surface area contributed by atoms with Crippen molar-refractivity contribution in [2.24, 2.45) is 0 Å². The Balaban J connectivity index is 1.75. The molecule has 0 unspecified atom stereocenters. The van der Waals surface area contributed by atoms with Crippen LogP contribution in [0.3, 0.4) is 0 Å². The van der Waals surface area contributed by atoms with Crippen molar-refractivity contribution in [1.29, 1.82) is 0 Å². The molecular weight excluding hydrogens is 302 g/mol. The first kappa shape index (κ1) is 12.9. The summed E-state index contributed by atoms with van der Waals surface area (Å²) in [6, 6.07) is 9.62. The van der Waals surface area contributed by atoms with Crippen LogP contribution < -0.4 is 0 Å². The first-order valence-electron chi connectivity index (χ1n) is 7.45. The van der Waals surface area contributed by atoms with E-state index in [0.29, 0.717) is 11.5 Å². The van der Waals surface area contributed by atoms with Gasteiger partial charge in [0, 0.05) is 29.5 Å². The quantitative estimate of drug-likeness (QED) is 0.522. The van der Waals surface area contributed by atoms with E-state index in [1.807, 2.05) is 30.3 Å². The molecule has 114 valence electrons. The summed E-state index contributed by atoms with van der Waals surface area (Å²) < 4.78 is 0. The summed E-state index contributed by atoms with van der Waals surface area (Å²) in [5.41, 5.74) is 4.87. The van der Waals surface area contributed by atoms with Gasteiger partial charge in [0.1, 0.15) is 11.2 Å². The van der Waals surface area contributed by atoms with Gasteiger partial charge in [0.05, 0.1) is 17.4 Å². The number of H-pyrrole nitrogens is 2. The largest absolute Gasteiger partial charge is 0.335 e. The minimum Gasteiger partial charge on any atom is -0.335 e. The monoisotopic (exact) mass is 313 g/mol. The van der Waals surface area contributed by atoms with Gasteiger partial charge >= 0.3 is 0 Å². The highest BCUT2D eigenvalue weighted by Gasteiger charge is 2.15. The van der Waals surface area contributed by atoms with E-state index >= 15 is 0 Å². The van der Waals surface area contributed by atoms with Gasteiger partial charge in [-0.15, -0.1) is 0 Å². The van der Waals surface area contributed by atoms with Gasteiger partial charge in [-0.05, 0) is 24.3 Å². The lowest BCUT2D eigenvalue weighted by Crippen LogP contribution is -1.85. The van der Waals surface area contributed by atoms with Crippen LogP contribution >= 0.6 is 0 Å². The molecule has 0 amide bonds. The molecule has 7 nitrogen and oxygen atoms in total. The van der Waals surface area contributed by atoms with Crippen molar-refractivity contribution in [3.63, 3.8) is 0 Å². The number of aromatic amines is 2. The van der Waals surface area contributed by atoms with Gasteiger partial charge in [-0.3, -0.25) is 15.1 Å². The summed E-state index contributed by atoms with van der Waals surface area (Å²) in [6.45, 7) is 0. The summed E-state index contributed by atoms with van der Waals surface area (Å²) in [5.74, 6) is 0.700. The molecule has 0 aliphatic carbocycles. The van der Waals surface area contributed by atoms with Crippen molar-refractivity contribution in [3.8, 4) is 22.8 Å². The van der Waals surface area contributed by atoms with Crippen LogP contribution in [-0.4, -0.2) is 35.1 Å². The third-order valence-electron chi connectivity index (χ3n) is 3.90. The molecule has 0 spiro atoms. The van der Waals surface area contributed by atoms with Crippen molar-refractivity contribution < 1.29 is 0 Å². The zero-order chi connectivity index (χ0) is 15.9. The minimum atomic E-state index is 0.663. The zero-order valence-corrected chi connectivity index (χ0v) is 12.4. The van der Waals surface area contributed by atoms with E-state index < -0.39 is 0 Å². The van der Waals surface area contributed by atoms with Crippen LogP contribution in [0.25, 0.3) is 44.8 Å². The van der Waals surface area contributed by atoms with Crippen molar-refractivity contribution in [3.05, 3.63) is 55.1 Å². The SMILES string of the molecule is c1ccc(-c2cncc3[nH]c(-c4[nH]nc5ncccc45)nc23)nc1. The Morgan fingerprint density at radius 3 is 2.79 bits per heavy atom. The molecular formula is C17H11N7. The Morgan fingerprint density at radius 1 is 0.917 bits per heavy atom. The number of nitrogens with one attached hydrogen (secondary N) is 2. The van der Waals surface area contributed by atoms with Crippen molar-refractivity contribution in [2.75, 3.05) is 0 Å². The average Bonchev–Trinajstić information content (AvgIpc) is 3.25. The number of nitrogens with zero attached hydrogens (tertiary/aromatic N) is 5. The van der Waals surface area contributed by atoms with Gasteiger partial charge in [0.15, 0.2) is 11.5 Å². The van der Waals surface area contributed by atoms with Crippen molar-refractivity contribution in [1.82, 2.24) is 35.1 Å². The van der Waals surface area contributed by atoms with E-state index in [1.165, 1.54) is 0 Å². The molecule has 0 aliphatic heterocycles. The first-order chi connectivity index (χ1) is 11.9. The molecule has 24 heavy (non-hydrogen) atoms. The maximum Gasteiger partial charge on any atom is 0.181 e. The van der Waals surface area contributed by atoms with E-state index in [9.17, 15) is 0 Å². The molecule has 2 N–H and O–H groups in total. The number of pyridine rings is 3. The van der Waals surface area contributed by atoms with E-state index in [4.69, 9.17) is 4.98 Å². The molecule has 0 atom stereocenters. The maximum atomic E-state index is 4.75. The number of hydrogen-bond donors (Lipinski definition) is 2. The topological polar surface area (TPSA) is 96.0 Å². The summed E-state index contributed by atoms with van der Waals surface area (Å²) in [7, 11) is 0. The zero-order valence-electron chi connectivity index (χ0n) is 12.4. The van der Waals surface area contributed by atoms with Gasteiger partial charge in [0.25, 0.3) is 0 Å². The molecule has 5 aromatic heterocycles. The highest BCUT2D eigenvalue weighted by molar-refractivity contribution is 5.95.